The van der Waals surface area contributed by atoms with E-state index < -0.39 is 0 Å². The molecule has 0 unspecified atom stereocenters. The van der Waals surface area contributed by atoms with Crippen LogP contribution in [0.1, 0.15) is 50.7 Å². The zero-order valence-electron chi connectivity index (χ0n) is 11.7. The molecule has 0 N–H and O–H groups in total. The molecule has 2 heteroatoms. The Morgan fingerprint density at radius 2 is 1.89 bits per heavy atom. The summed E-state index contributed by atoms with van der Waals surface area (Å²) in [5, 5.41) is 0. The minimum atomic E-state index is 0.173. The Kier molecular flexibility index (Phi) is 6.34. The number of unbranched alkanes of at least 4 members (excludes halogenated alkanes) is 2. The summed E-state index contributed by atoms with van der Waals surface area (Å²) in [5.74, 6) is 0.173. The summed E-state index contributed by atoms with van der Waals surface area (Å²) in [6.45, 7) is 4.25. The molecule has 0 spiro atoms. The van der Waals surface area contributed by atoms with Gasteiger partial charge >= 0.3 is 0 Å². The van der Waals surface area contributed by atoms with Crippen molar-refractivity contribution in [2.45, 2.75) is 46.0 Å². The molecule has 0 amide bonds. The fourth-order valence-corrected chi connectivity index (χ4v) is 2.11. The van der Waals surface area contributed by atoms with Gasteiger partial charge in [0, 0.05) is 19.0 Å². The van der Waals surface area contributed by atoms with Gasteiger partial charge in [-0.3, -0.25) is 9.79 Å². The number of nitrogens with zero attached hydrogens (tertiary/aromatic N) is 1. The van der Waals surface area contributed by atoms with Gasteiger partial charge in [-0.1, -0.05) is 51.0 Å². The van der Waals surface area contributed by atoms with E-state index >= 15 is 0 Å². The van der Waals surface area contributed by atoms with E-state index in [0.717, 1.165) is 31.2 Å². The second-order valence-electron chi connectivity index (χ2n) is 4.46. The second-order valence-corrected chi connectivity index (χ2v) is 4.46. The van der Waals surface area contributed by atoms with Crippen LogP contribution in [0.25, 0.3) is 0 Å². The summed E-state index contributed by atoms with van der Waals surface area (Å²) in [6.07, 6.45) is 4.74. The number of rotatable bonds is 7. The van der Waals surface area contributed by atoms with E-state index in [4.69, 9.17) is 0 Å². The van der Waals surface area contributed by atoms with Crippen LogP contribution in [0.3, 0.4) is 0 Å². The molecule has 0 aliphatic carbocycles. The molecule has 0 saturated heterocycles. The highest BCUT2D eigenvalue weighted by Crippen LogP contribution is 2.13. The summed E-state index contributed by atoms with van der Waals surface area (Å²) < 4.78 is 0. The van der Waals surface area contributed by atoms with Crippen molar-refractivity contribution in [1.82, 2.24) is 0 Å². The Bertz CT molecular complexity index is 421. The highest BCUT2D eigenvalue weighted by Gasteiger charge is 2.15. The highest BCUT2D eigenvalue weighted by atomic mass is 16.1. The third-order valence-electron chi connectivity index (χ3n) is 3.15. The first-order chi connectivity index (χ1) is 8.74. The molecule has 1 aromatic carbocycles. The number of hydrogen-bond acceptors (Lipinski definition) is 2. The third-order valence-corrected chi connectivity index (χ3v) is 3.15. The lowest BCUT2D eigenvalue weighted by Crippen LogP contribution is -2.17. The van der Waals surface area contributed by atoms with Gasteiger partial charge in [-0.25, -0.2) is 0 Å². The standard InChI is InChI=1S/C16H23NO/c1-4-6-7-12-15(18)16(17-3)14-11-9-8-10-13(14)5-2/h8-11H,4-7,12H2,1-3H3. The number of aliphatic imine (C=N–C) groups is 1. The van der Waals surface area contributed by atoms with E-state index in [9.17, 15) is 4.79 Å². The van der Waals surface area contributed by atoms with E-state index in [0.29, 0.717) is 12.1 Å². The van der Waals surface area contributed by atoms with Crippen molar-refractivity contribution in [3.05, 3.63) is 35.4 Å². The minimum Gasteiger partial charge on any atom is -0.292 e. The van der Waals surface area contributed by atoms with Crippen LogP contribution in [0.2, 0.25) is 0 Å². The van der Waals surface area contributed by atoms with Crippen LogP contribution < -0.4 is 0 Å². The number of carbonyl (C=O) groups excluding carboxylic acids is 1. The third kappa shape index (κ3) is 3.80. The summed E-state index contributed by atoms with van der Waals surface area (Å²) in [6, 6.07) is 8.05. The van der Waals surface area contributed by atoms with E-state index in [-0.39, 0.29) is 5.78 Å². The van der Waals surface area contributed by atoms with Crippen LogP contribution in [0.4, 0.5) is 0 Å². The molecule has 1 rings (SSSR count). The molecule has 0 atom stereocenters. The van der Waals surface area contributed by atoms with Crippen LogP contribution in [0.5, 0.6) is 0 Å². The van der Waals surface area contributed by atoms with Gasteiger partial charge in [-0.05, 0) is 18.4 Å². The fraction of sp³-hybridized carbons (Fsp3) is 0.500. The molecule has 0 radical (unpaired) electrons. The van der Waals surface area contributed by atoms with Crippen molar-refractivity contribution in [2.75, 3.05) is 7.05 Å². The molecule has 0 aliphatic heterocycles. The lowest BCUT2D eigenvalue weighted by atomic mass is 9.96. The van der Waals surface area contributed by atoms with Crippen LogP contribution >= 0.6 is 0 Å². The molecular formula is C16H23NO. The molecule has 0 aromatic heterocycles. The van der Waals surface area contributed by atoms with Crippen molar-refractivity contribution in [1.29, 1.82) is 0 Å². The zero-order valence-corrected chi connectivity index (χ0v) is 11.7. The summed E-state index contributed by atoms with van der Waals surface area (Å²) >= 11 is 0. The number of aryl methyl sites for hydroxylation is 1. The van der Waals surface area contributed by atoms with Gasteiger partial charge in [0.15, 0.2) is 5.78 Å². The van der Waals surface area contributed by atoms with Gasteiger partial charge in [-0.15, -0.1) is 0 Å². The molecule has 1 aromatic rings. The molecule has 0 saturated carbocycles. The second kappa shape index (κ2) is 7.80. The first kappa shape index (κ1) is 14.6. The SMILES string of the molecule is CCCCCC(=O)C(=NC)c1ccccc1CC. The molecule has 18 heavy (non-hydrogen) atoms. The number of Topliss-reactive ketones (excluding diaryl/α,β-unsaturated/α-hetero) is 1. The van der Waals surface area contributed by atoms with Gasteiger partial charge in [-0.2, -0.15) is 0 Å². The zero-order chi connectivity index (χ0) is 13.4. The van der Waals surface area contributed by atoms with E-state index in [1.807, 2.05) is 18.2 Å². The lowest BCUT2D eigenvalue weighted by molar-refractivity contribution is -0.113. The maximum atomic E-state index is 12.2. The predicted octanol–water partition coefficient (Wildman–Crippen LogP) is 3.82. The van der Waals surface area contributed by atoms with Gasteiger partial charge < -0.3 is 0 Å². The van der Waals surface area contributed by atoms with Crippen molar-refractivity contribution in [2.24, 2.45) is 4.99 Å². The monoisotopic (exact) mass is 245 g/mol. The molecule has 0 heterocycles. The smallest absolute Gasteiger partial charge is 0.181 e. The Morgan fingerprint density at radius 3 is 2.50 bits per heavy atom. The number of hydrogen-bond donors (Lipinski definition) is 0. The lowest BCUT2D eigenvalue weighted by Gasteiger charge is -2.09. The van der Waals surface area contributed by atoms with Crippen molar-refractivity contribution < 1.29 is 4.79 Å². The largest absolute Gasteiger partial charge is 0.292 e. The Hall–Kier alpha value is -1.44. The van der Waals surface area contributed by atoms with Gasteiger partial charge in [0.2, 0.25) is 0 Å². The van der Waals surface area contributed by atoms with Crippen molar-refractivity contribution >= 4 is 11.5 Å². The predicted molar refractivity (Wildman–Crippen MR) is 77.4 cm³/mol. The van der Waals surface area contributed by atoms with Crippen molar-refractivity contribution in [3.8, 4) is 0 Å². The van der Waals surface area contributed by atoms with E-state index in [2.05, 4.69) is 24.9 Å². The molecule has 0 fully saturated rings. The molecular weight excluding hydrogens is 222 g/mol. The summed E-state index contributed by atoms with van der Waals surface area (Å²) in [5.41, 5.74) is 2.84. The molecule has 2 nitrogen and oxygen atoms in total. The minimum absolute atomic E-state index is 0.173. The average Bonchev–Trinajstić information content (AvgIpc) is 2.40. The number of carbonyl (C=O) groups is 1. The molecule has 0 bridgehead atoms. The maximum absolute atomic E-state index is 12.2. The van der Waals surface area contributed by atoms with Gasteiger partial charge in [0.25, 0.3) is 0 Å². The van der Waals surface area contributed by atoms with Gasteiger partial charge in [0.1, 0.15) is 5.71 Å². The normalized spacial score (nSPS) is 11.6. The Morgan fingerprint density at radius 1 is 1.17 bits per heavy atom. The van der Waals surface area contributed by atoms with Gasteiger partial charge in [0.05, 0.1) is 0 Å². The molecule has 0 aliphatic rings. The van der Waals surface area contributed by atoms with E-state index in [1.165, 1.54) is 5.56 Å². The quantitative estimate of drug-likeness (QED) is 0.530. The fourth-order valence-electron chi connectivity index (χ4n) is 2.11. The first-order valence-corrected chi connectivity index (χ1v) is 6.82. The van der Waals surface area contributed by atoms with Crippen LogP contribution in [-0.4, -0.2) is 18.5 Å². The number of benzene rings is 1. The van der Waals surface area contributed by atoms with Crippen LogP contribution in [0, 0.1) is 0 Å². The summed E-state index contributed by atoms with van der Waals surface area (Å²) in [7, 11) is 1.71. The van der Waals surface area contributed by atoms with Crippen LogP contribution in [0.15, 0.2) is 29.3 Å². The number of ketones is 1. The topological polar surface area (TPSA) is 29.4 Å². The van der Waals surface area contributed by atoms with E-state index in [1.54, 1.807) is 7.05 Å². The first-order valence-electron chi connectivity index (χ1n) is 6.82. The molecule has 98 valence electrons. The average molecular weight is 245 g/mol. The Balaban J connectivity index is 2.86. The van der Waals surface area contributed by atoms with Crippen LogP contribution in [-0.2, 0) is 11.2 Å². The maximum Gasteiger partial charge on any atom is 0.181 e. The van der Waals surface area contributed by atoms with Crippen molar-refractivity contribution in [3.63, 3.8) is 0 Å². The summed E-state index contributed by atoms with van der Waals surface area (Å²) in [4.78, 5) is 16.4. The highest BCUT2D eigenvalue weighted by molar-refractivity contribution is 6.46. The Labute approximate surface area is 110 Å².